The van der Waals surface area contributed by atoms with Crippen LogP contribution < -0.4 is 0 Å². The minimum Gasteiger partial charge on any atom is -0.342 e. The van der Waals surface area contributed by atoms with Crippen molar-refractivity contribution in [1.82, 2.24) is 4.90 Å². The Balaban J connectivity index is 2.92. The highest BCUT2D eigenvalue weighted by Crippen LogP contribution is 2.24. The maximum atomic E-state index is 12.1. The van der Waals surface area contributed by atoms with Gasteiger partial charge in [0, 0.05) is 13.1 Å². The summed E-state index contributed by atoms with van der Waals surface area (Å²) in [5.74, 6) is -0.0140. The zero-order valence-corrected chi connectivity index (χ0v) is 11.7. The normalized spacial score (nSPS) is 12.3. The first-order chi connectivity index (χ1) is 8.01. The van der Waals surface area contributed by atoms with E-state index in [-0.39, 0.29) is 5.91 Å². The fourth-order valence-corrected chi connectivity index (χ4v) is 2.03. The van der Waals surface area contributed by atoms with Crippen molar-refractivity contribution in [3.63, 3.8) is 0 Å². The van der Waals surface area contributed by atoms with Gasteiger partial charge in [0.05, 0.1) is 0 Å². The van der Waals surface area contributed by atoms with Crippen LogP contribution in [0.25, 0.3) is 0 Å². The number of aryl methyl sites for hydroxylation is 2. The van der Waals surface area contributed by atoms with Crippen molar-refractivity contribution < 1.29 is 4.79 Å². The predicted octanol–water partition coefficient (Wildman–Crippen LogP) is 3.45. The van der Waals surface area contributed by atoms with Gasteiger partial charge in [0.2, 0.25) is 5.91 Å². The molecule has 0 aliphatic rings. The van der Waals surface area contributed by atoms with Gasteiger partial charge in [-0.3, -0.25) is 4.79 Å². The Morgan fingerprint density at radius 3 is 2.29 bits per heavy atom. The number of likely N-dealkylation sites (N-methyl/N-ethyl adjacent to an activating group) is 1. The fourth-order valence-electron chi connectivity index (χ4n) is 1.76. The molecule has 1 aromatic rings. The van der Waals surface area contributed by atoms with Crippen LogP contribution >= 0.6 is 11.6 Å². The number of carbonyl (C=O) groups excluding carboxylic acids is 1. The summed E-state index contributed by atoms with van der Waals surface area (Å²) < 4.78 is 0. The average molecular weight is 254 g/mol. The number of nitrogens with zero attached hydrogens (tertiary/aromatic N) is 1. The molecule has 0 heterocycles. The van der Waals surface area contributed by atoms with Gasteiger partial charge in [-0.15, -0.1) is 11.6 Å². The molecule has 0 N–H and O–H groups in total. The molecule has 0 spiro atoms. The Hall–Kier alpha value is -1.02. The van der Waals surface area contributed by atoms with E-state index in [1.165, 1.54) is 11.1 Å². The molecule has 1 amide bonds. The van der Waals surface area contributed by atoms with Crippen molar-refractivity contribution in [1.29, 1.82) is 0 Å². The van der Waals surface area contributed by atoms with E-state index in [1.807, 2.05) is 39.0 Å². The lowest BCUT2D eigenvalue weighted by Gasteiger charge is -2.22. The molecule has 1 atom stereocenters. The lowest BCUT2D eigenvalue weighted by atomic mass is 10.0. The van der Waals surface area contributed by atoms with Gasteiger partial charge >= 0.3 is 0 Å². The third-order valence-corrected chi connectivity index (χ3v) is 3.55. The first-order valence-corrected chi connectivity index (χ1v) is 6.44. The number of rotatable bonds is 4. The van der Waals surface area contributed by atoms with Crippen LogP contribution in [0.4, 0.5) is 0 Å². The topological polar surface area (TPSA) is 20.3 Å². The summed E-state index contributed by atoms with van der Waals surface area (Å²) >= 11 is 6.24. The quantitative estimate of drug-likeness (QED) is 0.753. The second-order valence-corrected chi connectivity index (χ2v) is 4.65. The van der Waals surface area contributed by atoms with Crippen molar-refractivity contribution in [3.05, 3.63) is 34.9 Å². The number of alkyl halides is 1. The lowest BCUT2D eigenvalue weighted by Crippen LogP contribution is -2.33. The van der Waals surface area contributed by atoms with E-state index < -0.39 is 5.38 Å². The van der Waals surface area contributed by atoms with Crippen molar-refractivity contribution in [2.24, 2.45) is 0 Å². The Labute approximate surface area is 109 Å². The van der Waals surface area contributed by atoms with Crippen molar-refractivity contribution >= 4 is 17.5 Å². The second-order valence-electron chi connectivity index (χ2n) is 4.22. The molecule has 1 aromatic carbocycles. The van der Waals surface area contributed by atoms with Crippen LogP contribution in [0.15, 0.2) is 18.2 Å². The smallest absolute Gasteiger partial charge is 0.245 e. The van der Waals surface area contributed by atoms with Gasteiger partial charge < -0.3 is 4.90 Å². The highest BCUT2D eigenvalue weighted by atomic mass is 35.5. The largest absolute Gasteiger partial charge is 0.342 e. The molecule has 0 saturated carbocycles. The zero-order chi connectivity index (χ0) is 13.0. The van der Waals surface area contributed by atoms with E-state index >= 15 is 0 Å². The molecule has 3 heteroatoms. The number of hydrogen-bond acceptors (Lipinski definition) is 1. The van der Waals surface area contributed by atoms with E-state index in [1.54, 1.807) is 4.90 Å². The van der Waals surface area contributed by atoms with Crippen LogP contribution in [0, 0.1) is 13.8 Å². The average Bonchev–Trinajstić information content (AvgIpc) is 2.33. The molecule has 0 aromatic heterocycles. The SMILES string of the molecule is CCN(CC)C(=O)C(Cl)c1ccc(C)c(C)c1. The molecule has 0 saturated heterocycles. The standard InChI is InChI=1S/C14H20ClNO/c1-5-16(6-2)14(17)13(15)12-8-7-10(3)11(4)9-12/h7-9,13H,5-6H2,1-4H3. The van der Waals surface area contributed by atoms with Crippen LogP contribution in [0.3, 0.4) is 0 Å². The molecule has 0 bridgehead atoms. The highest BCUT2D eigenvalue weighted by molar-refractivity contribution is 6.30. The van der Waals surface area contributed by atoms with Gasteiger partial charge in [0.15, 0.2) is 0 Å². The maximum absolute atomic E-state index is 12.1. The van der Waals surface area contributed by atoms with Crippen molar-refractivity contribution in [2.45, 2.75) is 33.1 Å². The minimum absolute atomic E-state index is 0.0140. The first-order valence-electron chi connectivity index (χ1n) is 6.01. The van der Waals surface area contributed by atoms with Crippen molar-refractivity contribution in [3.8, 4) is 0 Å². The predicted molar refractivity (Wildman–Crippen MR) is 72.4 cm³/mol. The van der Waals surface area contributed by atoms with E-state index in [0.29, 0.717) is 13.1 Å². The van der Waals surface area contributed by atoms with Gasteiger partial charge in [0.25, 0.3) is 0 Å². The van der Waals surface area contributed by atoms with Crippen LogP contribution in [0.5, 0.6) is 0 Å². The Morgan fingerprint density at radius 1 is 1.24 bits per heavy atom. The molecule has 1 rings (SSSR count). The summed E-state index contributed by atoms with van der Waals surface area (Å²) in [5.41, 5.74) is 3.26. The molecule has 1 unspecified atom stereocenters. The molecular formula is C14H20ClNO. The molecule has 17 heavy (non-hydrogen) atoms. The summed E-state index contributed by atoms with van der Waals surface area (Å²) in [6.45, 7) is 9.41. The molecule has 2 nitrogen and oxygen atoms in total. The summed E-state index contributed by atoms with van der Waals surface area (Å²) in [6.07, 6.45) is 0. The van der Waals surface area contributed by atoms with Gasteiger partial charge in [0.1, 0.15) is 5.38 Å². The van der Waals surface area contributed by atoms with Crippen LogP contribution in [-0.4, -0.2) is 23.9 Å². The summed E-state index contributed by atoms with van der Waals surface area (Å²) in [6, 6.07) is 5.94. The van der Waals surface area contributed by atoms with Crippen LogP contribution in [0.1, 0.15) is 35.9 Å². The zero-order valence-electron chi connectivity index (χ0n) is 11.0. The van der Waals surface area contributed by atoms with E-state index in [0.717, 1.165) is 5.56 Å². The van der Waals surface area contributed by atoms with E-state index in [9.17, 15) is 4.79 Å². The monoisotopic (exact) mass is 253 g/mol. The summed E-state index contributed by atoms with van der Waals surface area (Å²) in [4.78, 5) is 13.9. The van der Waals surface area contributed by atoms with Crippen LogP contribution in [-0.2, 0) is 4.79 Å². The molecule has 0 radical (unpaired) electrons. The second kappa shape index (κ2) is 6.06. The molecule has 0 fully saturated rings. The van der Waals surface area contributed by atoms with E-state index in [2.05, 4.69) is 6.92 Å². The lowest BCUT2D eigenvalue weighted by molar-refractivity contribution is -0.130. The summed E-state index contributed by atoms with van der Waals surface area (Å²) in [7, 11) is 0. The Kier molecular flexibility index (Phi) is 5.01. The third kappa shape index (κ3) is 3.22. The third-order valence-electron chi connectivity index (χ3n) is 3.12. The first kappa shape index (κ1) is 14.0. The number of halogens is 1. The number of hydrogen-bond donors (Lipinski definition) is 0. The number of amides is 1. The van der Waals surface area contributed by atoms with E-state index in [4.69, 9.17) is 11.6 Å². The van der Waals surface area contributed by atoms with Gasteiger partial charge in [-0.25, -0.2) is 0 Å². The Bertz CT molecular complexity index is 399. The van der Waals surface area contributed by atoms with Gasteiger partial charge in [-0.1, -0.05) is 18.2 Å². The van der Waals surface area contributed by atoms with Crippen molar-refractivity contribution in [2.75, 3.05) is 13.1 Å². The molecular weight excluding hydrogens is 234 g/mol. The maximum Gasteiger partial charge on any atom is 0.245 e. The molecule has 94 valence electrons. The summed E-state index contributed by atoms with van der Waals surface area (Å²) in [5, 5.41) is -0.575. The van der Waals surface area contributed by atoms with Crippen LogP contribution in [0.2, 0.25) is 0 Å². The number of carbonyl (C=O) groups is 1. The van der Waals surface area contributed by atoms with Gasteiger partial charge in [-0.05, 0) is 44.4 Å². The fraction of sp³-hybridized carbons (Fsp3) is 0.500. The number of benzene rings is 1. The highest BCUT2D eigenvalue weighted by Gasteiger charge is 2.22. The minimum atomic E-state index is -0.575. The van der Waals surface area contributed by atoms with Gasteiger partial charge in [-0.2, -0.15) is 0 Å². The Morgan fingerprint density at radius 2 is 1.82 bits per heavy atom. The molecule has 0 aliphatic heterocycles. The molecule has 0 aliphatic carbocycles.